The molecule has 0 N–H and O–H groups in total. The summed E-state index contributed by atoms with van der Waals surface area (Å²) in [5.74, 6) is -0.230. The maximum absolute atomic E-state index is 11.3. The molecule has 0 aromatic carbocycles. The fourth-order valence-corrected chi connectivity index (χ4v) is 1.26. The van der Waals surface area contributed by atoms with E-state index in [1.54, 1.807) is 12.4 Å². The third-order valence-electron chi connectivity index (χ3n) is 2.17. The van der Waals surface area contributed by atoms with Crippen LogP contribution in [0.1, 0.15) is 25.8 Å². The third-order valence-corrected chi connectivity index (χ3v) is 2.17. The molecule has 1 heterocycles. The lowest BCUT2D eigenvalue weighted by Gasteiger charge is -2.06. The van der Waals surface area contributed by atoms with Crippen LogP contribution in [0.2, 0.25) is 0 Å². The van der Waals surface area contributed by atoms with E-state index in [1.807, 2.05) is 38.1 Å². The molecule has 0 bridgehead atoms. The highest BCUT2D eigenvalue weighted by atomic mass is 16.5. The lowest BCUT2D eigenvalue weighted by atomic mass is 10.1. The highest BCUT2D eigenvalue weighted by Gasteiger charge is 2.11. The van der Waals surface area contributed by atoms with E-state index in [2.05, 4.69) is 4.98 Å². The number of carbonyl (C=O) groups excluding carboxylic acids is 1. The molecular formula is C13H17NO2. The van der Waals surface area contributed by atoms with E-state index < -0.39 is 0 Å². The Morgan fingerprint density at radius 3 is 3.06 bits per heavy atom. The van der Waals surface area contributed by atoms with Crippen LogP contribution in [-0.4, -0.2) is 17.6 Å². The fourth-order valence-electron chi connectivity index (χ4n) is 1.26. The van der Waals surface area contributed by atoms with Crippen LogP contribution in [0.3, 0.4) is 0 Å². The predicted octanol–water partition coefficient (Wildman–Crippen LogP) is 2.68. The van der Waals surface area contributed by atoms with Crippen LogP contribution in [-0.2, 0) is 9.53 Å². The Morgan fingerprint density at radius 2 is 2.44 bits per heavy atom. The second kappa shape index (κ2) is 6.77. The van der Waals surface area contributed by atoms with Crippen molar-refractivity contribution in [3.8, 4) is 0 Å². The summed E-state index contributed by atoms with van der Waals surface area (Å²) < 4.78 is 4.92. The molecule has 1 aromatic heterocycles. The van der Waals surface area contributed by atoms with Gasteiger partial charge in [-0.25, -0.2) is 0 Å². The zero-order valence-corrected chi connectivity index (χ0v) is 9.72. The summed E-state index contributed by atoms with van der Waals surface area (Å²) in [6.45, 7) is 4.12. The Hall–Kier alpha value is -1.64. The van der Waals surface area contributed by atoms with E-state index in [4.69, 9.17) is 4.74 Å². The minimum Gasteiger partial charge on any atom is -0.466 e. The van der Waals surface area contributed by atoms with Gasteiger partial charge in [-0.05, 0) is 25.0 Å². The van der Waals surface area contributed by atoms with E-state index >= 15 is 0 Å². The van der Waals surface area contributed by atoms with Gasteiger partial charge in [0.1, 0.15) is 0 Å². The number of aromatic nitrogens is 1. The van der Waals surface area contributed by atoms with Gasteiger partial charge in [-0.2, -0.15) is 0 Å². The molecule has 0 aliphatic heterocycles. The van der Waals surface area contributed by atoms with Gasteiger partial charge in [-0.15, -0.1) is 0 Å². The number of carbonyl (C=O) groups is 1. The van der Waals surface area contributed by atoms with Crippen molar-refractivity contribution in [2.75, 3.05) is 6.61 Å². The van der Waals surface area contributed by atoms with E-state index in [0.717, 1.165) is 5.56 Å². The standard InChI is InChI=1S/C13H17NO2/c1-3-16-13(15)11(2)6-4-7-12-8-5-9-14-10-12/h4-5,7-11H,3,6H2,1-2H3/b7-4-/t11-/m0/s1. The molecule has 0 fully saturated rings. The number of allylic oxidation sites excluding steroid dienone is 1. The lowest BCUT2D eigenvalue weighted by Crippen LogP contribution is -2.13. The molecule has 3 heteroatoms. The highest BCUT2D eigenvalue weighted by molar-refractivity contribution is 5.72. The molecule has 1 atom stereocenters. The van der Waals surface area contributed by atoms with Crippen LogP contribution < -0.4 is 0 Å². The molecule has 0 saturated heterocycles. The van der Waals surface area contributed by atoms with Crippen molar-refractivity contribution in [2.24, 2.45) is 5.92 Å². The summed E-state index contributed by atoms with van der Waals surface area (Å²) in [5.41, 5.74) is 1.04. The van der Waals surface area contributed by atoms with Crippen LogP contribution in [0.25, 0.3) is 6.08 Å². The van der Waals surface area contributed by atoms with Crippen molar-refractivity contribution in [3.05, 3.63) is 36.2 Å². The number of rotatable bonds is 5. The number of pyridine rings is 1. The molecule has 1 aromatic rings. The largest absolute Gasteiger partial charge is 0.466 e. The van der Waals surface area contributed by atoms with Crippen LogP contribution in [0.15, 0.2) is 30.6 Å². The maximum Gasteiger partial charge on any atom is 0.308 e. The first-order chi connectivity index (χ1) is 7.74. The number of esters is 1. The topological polar surface area (TPSA) is 39.2 Å². The number of ether oxygens (including phenoxy) is 1. The lowest BCUT2D eigenvalue weighted by molar-refractivity contribution is -0.147. The van der Waals surface area contributed by atoms with Gasteiger partial charge >= 0.3 is 5.97 Å². The Kier molecular flexibility index (Phi) is 5.26. The van der Waals surface area contributed by atoms with Gasteiger partial charge < -0.3 is 4.74 Å². The second-order valence-electron chi connectivity index (χ2n) is 3.58. The van der Waals surface area contributed by atoms with Crippen molar-refractivity contribution in [1.82, 2.24) is 4.98 Å². The molecule has 86 valence electrons. The smallest absolute Gasteiger partial charge is 0.308 e. The van der Waals surface area contributed by atoms with Gasteiger partial charge in [0.2, 0.25) is 0 Å². The van der Waals surface area contributed by atoms with Gasteiger partial charge in [-0.1, -0.05) is 25.1 Å². The molecule has 0 amide bonds. The summed E-state index contributed by atoms with van der Waals surface area (Å²) in [6, 6.07) is 3.85. The van der Waals surface area contributed by atoms with Gasteiger partial charge in [0.25, 0.3) is 0 Å². The first-order valence-electron chi connectivity index (χ1n) is 5.47. The SMILES string of the molecule is CCOC(=O)[C@@H](C)C/C=C\c1cccnc1. The zero-order chi connectivity index (χ0) is 11.8. The van der Waals surface area contributed by atoms with Gasteiger partial charge in [0.15, 0.2) is 0 Å². The number of nitrogens with zero attached hydrogens (tertiary/aromatic N) is 1. The minimum atomic E-state index is -0.140. The average Bonchev–Trinajstić information content (AvgIpc) is 2.30. The van der Waals surface area contributed by atoms with Crippen LogP contribution in [0, 0.1) is 5.92 Å². The van der Waals surface area contributed by atoms with Crippen LogP contribution in [0.4, 0.5) is 0 Å². The number of hydrogen-bond donors (Lipinski definition) is 0. The van der Waals surface area contributed by atoms with E-state index in [1.165, 1.54) is 0 Å². The van der Waals surface area contributed by atoms with Crippen LogP contribution >= 0.6 is 0 Å². The molecular weight excluding hydrogens is 202 g/mol. The third kappa shape index (κ3) is 4.26. The summed E-state index contributed by atoms with van der Waals surface area (Å²) in [4.78, 5) is 15.3. The molecule has 0 saturated carbocycles. The molecule has 16 heavy (non-hydrogen) atoms. The fraction of sp³-hybridized carbons (Fsp3) is 0.385. The Balaban J connectivity index is 2.40. The van der Waals surface area contributed by atoms with Gasteiger partial charge in [0.05, 0.1) is 12.5 Å². The minimum absolute atomic E-state index is 0.0899. The van der Waals surface area contributed by atoms with Crippen molar-refractivity contribution in [2.45, 2.75) is 20.3 Å². The quantitative estimate of drug-likeness (QED) is 0.715. The molecule has 0 radical (unpaired) electrons. The normalized spacial score (nSPS) is 12.6. The highest BCUT2D eigenvalue weighted by Crippen LogP contribution is 2.08. The van der Waals surface area contributed by atoms with E-state index in [0.29, 0.717) is 13.0 Å². The summed E-state index contributed by atoms with van der Waals surface area (Å²) in [6.07, 6.45) is 8.14. The first kappa shape index (κ1) is 12.4. The monoisotopic (exact) mass is 219 g/mol. The Labute approximate surface area is 96.2 Å². The summed E-state index contributed by atoms with van der Waals surface area (Å²) in [7, 11) is 0. The second-order valence-corrected chi connectivity index (χ2v) is 3.58. The first-order valence-corrected chi connectivity index (χ1v) is 5.47. The van der Waals surface area contributed by atoms with Crippen molar-refractivity contribution < 1.29 is 9.53 Å². The summed E-state index contributed by atoms with van der Waals surface area (Å²) in [5, 5.41) is 0. The van der Waals surface area contributed by atoms with Gasteiger partial charge in [-0.3, -0.25) is 9.78 Å². The van der Waals surface area contributed by atoms with Crippen molar-refractivity contribution in [1.29, 1.82) is 0 Å². The molecule has 1 rings (SSSR count). The molecule has 0 aliphatic rings. The number of hydrogen-bond acceptors (Lipinski definition) is 3. The zero-order valence-electron chi connectivity index (χ0n) is 9.72. The molecule has 0 aliphatic carbocycles. The van der Waals surface area contributed by atoms with Crippen LogP contribution in [0.5, 0.6) is 0 Å². The van der Waals surface area contributed by atoms with Gasteiger partial charge in [0, 0.05) is 12.4 Å². The summed E-state index contributed by atoms with van der Waals surface area (Å²) >= 11 is 0. The van der Waals surface area contributed by atoms with E-state index in [9.17, 15) is 4.79 Å². The van der Waals surface area contributed by atoms with Crippen molar-refractivity contribution in [3.63, 3.8) is 0 Å². The Morgan fingerprint density at radius 1 is 1.62 bits per heavy atom. The Bertz CT molecular complexity index is 346. The maximum atomic E-state index is 11.3. The van der Waals surface area contributed by atoms with E-state index in [-0.39, 0.29) is 11.9 Å². The molecule has 0 unspecified atom stereocenters. The average molecular weight is 219 g/mol. The predicted molar refractivity (Wildman–Crippen MR) is 63.7 cm³/mol. The van der Waals surface area contributed by atoms with Crippen molar-refractivity contribution >= 4 is 12.0 Å². The molecule has 0 spiro atoms. The molecule has 3 nitrogen and oxygen atoms in total.